The van der Waals surface area contributed by atoms with Crippen LogP contribution in [0.2, 0.25) is 10.0 Å². The van der Waals surface area contributed by atoms with E-state index < -0.39 is 0 Å². The Labute approximate surface area is 125 Å². The molecule has 20 heavy (non-hydrogen) atoms. The van der Waals surface area contributed by atoms with Crippen molar-refractivity contribution in [3.05, 3.63) is 62.4 Å². The van der Waals surface area contributed by atoms with E-state index in [2.05, 4.69) is 9.97 Å². The third-order valence-corrected chi connectivity index (χ3v) is 3.84. The molecule has 0 saturated carbocycles. The minimum Gasteiger partial charge on any atom is -0.306 e. The predicted molar refractivity (Wildman–Crippen MR) is 82.6 cm³/mol. The number of benzene rings is 2. The number of nitrogens with zero attached hydrogens (tertiary/aromatic N) is 1. The fraction of sp³-hybridized carbons (Fsp3) is 0.0667. The summed E-state index contributed by atoms with van der Waals surface area (Å²) in [5.74, 6) is 0.443. The number of para-hydroxylation sites is 1. The third-order valence-electron chi connectivity index (χ3n) is 3.12. The zero-order valence-electron chi connectivity index (χ0n) is 10.6. The summed E-state index contributed by atoms with van der Waals surface area (Å²) in [4.78, 5) is 19.3. The second kappa shape index (κ2) is 4.93. The molecule has 3 rings (SSSR count). The number of halogens is 2. The minimum absolute atomic E-state index is 0.186. The van der Waals surface area contributed by atoms with Crippen LogP contribution in [-0.2, 0) is 0 Å². The number of nitrogens with one attached hydrogen (secondary N) is 1. The summed E-state index contributed by atoms with van der Waals surface area (Å²) in [6.07, 6.45) is 0. The summed E-state index contributed by atoms with van der Waals surface area (Å²) in [5.41, 5.74) is 1.99. The molecule has 100 valence electrons. The number of rotatable bonds is 1. The van der Waals surface area contributed by atoms with Crippen LogP contribution in [0.1, 0.15) is 5.56 Å². The zero-order chi connectivity index (χ0) is 14.3. The Morgan fingerprint density at radius 1 is 1.10 bits per heavy atom. The summed E-state index contributed by atoms with van der Waals surface area (Å²) in [6.45, 7) is 1.88. The fourth-order valence-corrected chi connectivity index (χ4v) is 2.53. The normalized spacial score (nSPS) is 10.9. The molecule has 3 nitrogen and oxygen atoms in total. The van der Waals surface area contributed by atoms with Crippen molar-refractivity contribution in [1.82, 2.24) is 9.97 Å². The molecule has 2 aromatic carbocycles. The molecule has 0 radical (unpaired) electrons. The summed E-state index contributed by atoms with van der Waals surface area (Å²) in [7, 11) is 0. The van der Waals surface area contributed by atoms with Crippen molar-refractivity contribution in [1.29, 1.82) is 0 Å². The Morgan fingerprint density at radius 3 is 2.65 bits per heavy atom. The van der Waals surface area contributed by atoms with Crippen LogP contribution in [0, 0.1) is 6.92 Å². The first kappa shape index (κ1) is 13.2. The quantitative estimate of drug-likeness (QED) is 0.732. The van der Waals surface area contributed by atoms with Crippen molar-refractivity contribution >= 4 is 34.1 Å². The maximum atomic E-state index is 12.1. The molecule has 0 aliphatic rings. The number of aromatic nitrogens is 2. The van der Waals surface area contributed by atoms with Crippen LogP contribution < -0.4 is 5.56 Å². The van der Waals surface area contributed by atoms with Gasteiger partial charge in [-0.1, -0.05) is 35.3 Å². The molecule has 5 heteroatoms. The summed E-state index contributed by atoms with van der Waals surface area (Å²) in [5, 5.41) is 1.60. The van der Waals surface area contributed by atoms with Crippen LogP contribution in [0.3, 0.4) is 0 Å². The van der Waals surface area contributed by atoms with Gasteiger partial charge in [0.05, 0.1) is 15.9 Å². The first-order valence-electron chi connectivity index (χ1n) is 6.01. The molecular formula is C15H10Cl2N2O. The van der Waals surface area contributed by atoms with E-state index in [0.717, 1.165) is 5.56 Å². The molecule has 0 spiro atoms. The van der Waals surface area contributed by atoms with Crippen molar-refractivity contribution < 1.29 is 0 Å². The van der Waals surface area contributed by atoms with Gasteiger partial charge in [-0.25, -0.2) is 4.98 Å². The average molecular weight is 305 g/mol. The molecule has 0 unspecified atom stereocenters. The number of aromatic amines is 1. The number of hydrogen-bond acceptors (Lipinski definition) is 2. The molecule has 0 bridgehead atoms. The first-order valence-corrected chi connectivity index (χ1v) is 6.77. The van der Waals surface area contributed by atoms with Gasteiger partial charge in [0.1, 0.15) is 5.82 Å². The van der Waals surface area contributed by atoms with Gasteiger partial charge >= 0.3 is 0 Å². The highest BCUT2D eigenvalue weighted by Gasteiger charge is 2.11. The molecule has 0 aliphatic heterocycles. The second-order valence-corrected chi connectivity index (χ2v) is 5.33. The van der Waals surface area contributed by atoms with E-state index in [1.165, 1.54) is 0 Å². The lowest BCUT2D eigenvalue weighted by Gasteiger charge is -2.07. The molecule has 0 saturated heterocycles. The largest absolute Gasteiger partial charge is 0.306 e. The smallest absolute Gasteiger partial charge is 0.259 e. The van der Waals surface area contributed by atoms with E-state index in [9.17, 15) is 4.79 Å². The lowest BCUT2D eigenvalue weighted by Crippen LogP contribution is -2.09. The van der Waals surface area contributed by atoms with Crippen molar-refractivity contribution in [2.75, 3.05) is 0 Å². The lowest BCUT2D eigenvalue weighted by molar-refractivity contribution is 1.18. The van der Waals surface area contributed by atoms with Gasteiger partial charge in [-0.15, -0.1) is 0 Å². The molecule has 0 amide bonds. The van der Waals surface area contributed by atoms with Gasteiger partial charge in [0.2, 0.25) is 0 Å². The fourth-order valence-electron chi connectivity index (χ4n) is 2.05. The van der Waals surface area contributed by atoms with Gasteiger partial charge in [0.25, 0.3) is 5.56 Å². The van der Waals surface area contributed by atoms with Crippen LogP contribution in [-0.4, -0.2) is 9.97 Å². The summed E-state index contributed by atoms with van der Waals surface area (Å²) in [6, 6.07) is 10.6. The Hall–Kier alpha value is -1.84. The van der Waals surface area contributed by atoms with E-state index in [-0.39, 0.29) is 5.56 Å². The minimum atomic E-state index is -0.186. The second-order valence-electron chi connectivity index (χ2n) is 4.51. The van der Waals surface area contributed by atoms with Gasteiger partial charge in [0.15, 0.2) is 0 Å². The summed E-state index contributed by atoms with van der Waals surface area (Å²) < 4.78 is 0. The topological polar surface area (TPSA) is 45.8 Å². The van der Waals surface area contributed by atoms with Crippen molar-refractivity contribution in [3.63, 3.8) is 0 Å². The Kier molecular flexibility index (Phi) is 3.24. The maximum absolute atomic E-state index is 12.1. The monoisotopic (exact) mass is 304 g/mol. The van der Waals surface area contributed by atoms with E-state index >= 15 is 0 Å². The third kappa shape index (κ3) is 2.19. The molecule has 0 atom stereocenters. The Bertz CT molecular complexity index is 871. The highest BCUT2D eigenvalue weighted by atomic mass is 35.5. The van der Waals surface area contributed by atoms with E-state index in [0.29, 0.717) is 32.3 Å². The number of hydrogen-bond donors (Lipinski definition) is 1. The van der Waals surface area contributed by atoms with Gasteiger partial charge in [0, 0.05) is 10.6 Å². The molecule has 1 heterocycles. The van der Waals surface area contributed by atoms with Gasteiger partial charge in [-0.3, -0.25) is 4.79 Å². The van der Waals surface area contributed by atoms with Gasteiger partial charge in [-0.05, 0) is 36.8 Å². The summed E-state index contributed by atoms with van der Waals surface area (Å²) >= 11 is 12.2. The SMILES string of the molecule is Cc1cc(-c2nc3ccccc3c(=O)[nH]2)c(Cl)cc1Cl. The van der Waals surface area contributed by atoms with Crippen LogP contribution in [0.4, 0.5) is 0 Å². The first-order chi connectivity index (χ1) is 9.56. The van der Waals surface area contributed by atoms with Crippen LogP contribution in [0.5, 0.6) is 0 Å². The van der Waals surface area contributed by atoms with Crippen molar-refractivity contribution in [3.8, 4) is 11.4 Å². The van der Waals surface area contributed by atoms with Crippen LogP contribution in [0.15, 0.2) is 41.2 Å². The highest BCUT2D eigenvalue weighted by molar-refractivity contribution is 6.36. The molecule has 1 N–H and O–H groups in total. The van der Waals surface area contributed by atoms with E-state index in [1.807, 2.05) is 19.1 Å². The van der Waals surface area contributed by atoms with Crippen LogP contribution in [0.25, 0.3) is 22.3 Å². The maximum Gasteiger partial charge on any atom is 0.259 e. The number of H-pyrrole nitrogens is 1. The molecule has 3 aromatic rings. The van der Waals surface area contributed by atoms with Crippen molar-refractivity contribution in [2.24, 2.45) is 0 Å². The molecule has 1 aromatic heterocycles. The van der Waals surface area contributed by atoms with Gasteiger partial charge in [-0.2, -0.15) is 0 Å². The van der Waals surface area contributed by atoms with Gasteiger partial charge < -0.3 is 4.98 Å². The van der Waals surface area contributed by atoms with E-state index in [4.69, 9.17) is 23.2 Å². The zero-order valence-corrected chi connectivity index (χ0v) is 12.1. The predicted octanol–water partition coefficient (Wildman–Crippen LogP) is 4.21. The van der Waals surface area contributed by atoms with E-state index in [1.54, 1.807) is 24.3 Å². The standard InChI is InChI=1S/C15H10Cl2N2O/c1-8-6-10(12(17)7-11(8)16)14-18-13-5-3-2-4-9(13)15(20)19-14/h2-7H,1H3,(H,18,19,20). The Morgan fingerprint density at radius 2 is 1.85 bits per heavy atom. The molecule has 0 aliphatic carbocycles. The lowest BCUT2D eigenvalue weighted by atomic mass is 10.1. The Balaban J connectivity index is 2.30. The van der Waals surface area contributed by atoms with Crippen molar-refractivity contribution in [2.45, 2.75) is 6.92 Å². The number of fused-ring (bicyclic) bond motifs is 1. The average Bonchev–Trinajstić information content (AvgIpc) is 2.43. The molecule has 0 fully saturated rings. The number of aryl methyl sites for hydroxylation is 1. The van der Waals surface area contributed by atoms with Crippen LogP contribution >= 0.6 is 23.2 Å². The molecular weight excluding hydrogens is 295 g/mol. The highest BCUT2D eigenvalue weighted by Crippen LogP contribution is 2.30.